The molecule has 0 unspecified atom stereocenters. The van der Waals surface area contributed by atoms with E-state index in [-0.39, 0.29) is 47.3 Å². The number of hydrogen-bond acceptors (Lipinski definition) is 9. The first kappa shape index (κ1) is 32.5. The first-order valence-electron chi connectivity index (χ1n) is 16.0. The van der Waals surface area contributed by atoms with Crippen molar-refractivity contribution in [3.63, 3.8) is 0 Å². The molecule has 1 fully saturated rings. The van der Waals surface area contributed by atoms with Gasteiger partial charge in [0.2, 0.25) is 11.8 Å². The Morgan fingerprint density at radius 2 is 1.72 bits per heavy atom. The van der Waals surface area contributed by atoms with Gasteiger partial charge in [-0.15, -0.1) is 0 Å². The van der Waals surface area contributed by atoms with Gasteiger partial charge >= 0.3 is 0 Å². The van der Waals surface area contributed by atoms with Crippen molar-refractivity contribution in [2.45, 2.75) is 70.4 Å². The van der Waals surface area contributed by atoms with E-state index in [9.17, 15) is 13.2 Å². The van der Waals surface area contributed by atoms with Gasteiger partial charge in [-0.25, -0.2) is 18.1 Å². The van der Waals surface area contributed by atoms with Gasteiger partial charge in [0.15, 0.2) is 0 Å². The normalized spacial score (nSPS) is 18.4. The second kappa shape index (κ2) is 13.7. The van der Waals surface area contributed by atoms with E-state index in [0.717, 1.165) is 35.2 Å². The highest BCUT2D eigenvalue weighted by Crippen LogP contribution is 2.31. The minimum absolute atomic E-state index is 0.0768. The second-order valence-corrected chi connectivity index (χ2v) is 14.3. The van der Waals surface area contributed by atoms with Crippen molar-refractivity contribution in [1.82, 2.24) is 24.8 Å². The molecule has 0 saturated carbocycles. The molecule has 2 aromatic heterocycles. The number of anilines is 1. The van der Waals surface area contributed by atoms with Crippen LogP contribution in [0.3, 0.4) is 0 Å². The molecule has 4 bridgehead atoms. The van der Waals surface area contributed by atoms with Gasteiger partial charge in [0, 0.05) is 42.5 Å². The van der Waals surface area contributed by atoms with Crippen LogP contribution >= 0.6 is 0 Å². The summed E-state index contributed by atoms with van der Waals surface area (Å²) in [5.41, 5.74) is 5.13. The molecule has 2 aliphatic heterocycles. The molecule has 1 saturated heterocycles. The van der Waals surface area contributed by atoms with Crippen molar-refractivity contribution >= 4 is 21.9 Å². The summed E-state index contributed by atoms with van der Waals surface area (Å²) in [5, 5.41) is 0. The number of rotatable bonds is 6. The summed E-state index contributed by atoms with van der Waals surface area (Å²) >= 11 is 0. The highest BCUT2D eigenvalue weighted by Gasteiger charge is 2.30. The molecule has 1 atom stereocenters. The summed E-state index contributed by atoms with van der Waals surface area (Å²) < 4.78 is 41.6. The van der Waals surface area contributed by atoms with Crippen molar-refractivity contribution in [2.24, 2.45) is 5.92 Å². The van der Waals surface area contributed by atoms with Crippen LogP contribution in [0.15, 0.2) is 65.8 Å². The molecule has 0 spiro atoms. The Hall–Kier alpha value is -4.42. The fourth-order valence-corrected chi connectivity index (χ4v) is 7.22. The van der Waals surface area contributed by atoms with Gasteiger partial charge in [0.1, 0.15) is 6.61 Å². The van der Waals surface area contributed by atoms with E-state index in [4.69, 9.17) is 19.4 Å². The van der Waals surface area contributed by atoms with E-state index in [1.165, 1.54) is 12.1 Å². The van der Waals surface area contributed by atoms with Crippen LogP contribution in [0.5, 0.6) is 5.88 Å². The van der Waals surface area contributed by atoms with E-state index in [1.54, 1.807) is 35.5 Å². The fourth-order valence-electron chi connectivity index (χ4n) is 6.24. The molecular formula is C35H40N6O5S. The van der Waals surface area contributed by atoms with Crippen molar-refractivity contribution in [1.29, 1.82) is 0 Å². The quantitative estimate of drug-likeness (QED) is 0.277. The van der Waals surface area contributed by atoms with E-state index >= 15 is 0 Å². The average molecular weight is 657 g/mol. The molecule has 2 aliphatic rings. The van der Waals surface area contributed by atoms with Gasteiger partial charge in [0.05, 0.1) is 40.8 Å². The van der Waals surface area contributed by atoms with Crippen molar-refractivity contribution in [3.05, 3.63) is 89.0 Å². The molecule has 1 amide bonds. The molecule has 11 nitrogen and oxygen atoms in total. The van der Waals surface area contributed by atoms with E-state index in [1.807, 2.05) is 32.0 Å². The molecule has 0 radical (unpaired) electrons. The number of fused-ring (bicyclic) bond motifs is 4. The Bertz CT molecular complexity index is 1840. The molecule has 47 heavy (non-hydrogen) atoms. The zero-order valence-electron chi connectivity index (χ0n) is 27.1. The minimum Gasteiger partial charge on any atom is -0.475 e. The summed E-state index contributed by atoms with van der Waals surface area (Å²) in [5.74, 6) is 0.260. The van der Waals surface area contributed by atoms with Gasteiger partial charge in [-0.1, -0.05) is 38.1 Å². The number of benzene rings is 2. The number of ether oxygens (including phenoxy) is 2. The maximum atomic E-state index is 14.3. The predicted octanol–water partition coefficient (Wildman–Crippen LogP) is 5.69. The number of nitrogens with zero attached hydrogens (tertiary/aromatic N) is 5. The second-order valence-electron chi connectivity index (χ2n) is 12.7. The molecule has 246 valence electrons. The highest BCUT2D eigenvalue weighted by atomic mass is 32.2. The topological polar surface area (TPSA) is 136 Å². The zero-order valence-corrected chi connectivity index (χ0v) is 28.0. The van der Waals surface area contributed by atoms with Gasteiger partial charge in [-0.05, 0) is 68.4 Å². The van der Waals surface area contributed by atoms with Crippen molar-refractivity contribution in [3.8, 4) is 17.1 Å². The number of carbonyl (C=O) groups excluding carboxylic acids is 1. The monoisotopic (exact) mass is 656 g/mol. The van der Waals surface area contributed by atoms with Crippen LogP contribution in [0.1, 0.15) is 71.9 Å². The van der Waals surface area contributed by atoms with Gasteiger partial charge in [0.25, 0.3) is 15.9 Å². The lowest BCUT2D eigenvalue weighted by Gasteiger charge is -2.33. The van der Waals surface area contributed by atoms with Crippen LogP contribution in [0.4, 0.5) is 5.95 Å². The smallest absolute Gasteiger partial charge is 0.264 e. The third-order valence-electron chi connectivity index (χ3n) is 8.62. The summed E-state index contributed by atoms with van der Waals surface area (Å²) in [6.45, 7) is 9.82. The molecule has 4 aromatic rings. The molecular weight excluding hydrogens is 616 g/mol. The van der Waals surface area contributed by atoms with E-state index in [0.29, 0.717) is 36.9 Å². The zero-order chi connectivity index (χ0) is 33.1. The lowest BCUT2D eigenvalue weighted by atomic mass is 9.97. The van der Waals surface area contributed by atoms with Crippen LogP contribution in [0.25, 0.3) is 11.3 Å². The molecule has 2 aromatic carbocycles. The number of hydrogen-bond donors (Lipinski definition) is 1. The van der Waals surface area contributed by atoms with Gasteiger partial charge < -0.3 is 14.4 Å². The van der Waals surface area contributed by atoms with Crippen LogP contribution < -0.4 is 9.46 Å². The Balaban J connectivity index is 1.42. The number of aromatic nitrogens is 4. The lowest BCUT2D eigenvalue weighted by molar-refractivity contribution is 0.0549. The SMILES string of the molecule is Cc1cccc(C)c1-c1cc2nc(n1)NS(=O)(=O)c1cccc(c1)C(=O)N(Cc1cnc(C3CCOCC3)cn1)[C@H](CC(C)C)CO2. The largest absolute Gasteiger partial charge is 0.475 e. The first-order valence-corrected chi connectivity index (χ1v) is 17.5. The maximum absolute atomic E-state index is 14.3. The molecule has 12 heteroatoms. The molecule has 0 aliphatic carbocycles. The molecule has 6 rings (SSSR count). The third kappa shape index (κ3) is 7.44. The summed E-state index contributed by atoms with van der Waals surface area (Å²) in [4.78, 5) is 34.4. The van der Waals surface area contributed by atoms with Crippen LogP contribution in [0.2, 0.25) is 0 Å². The standard InChI is InChI=1S/C35H40N6O5S/c1-22(2)15-28-21-46-32-17-30(33-23(3)7-5-8-24(33)4)38-35(39-32)40-47(43,44)29-10-6-9-26(16-29)34(42)41(28)20-27-18-37-31(19-36-27)25-11-13-45-14-12-25/h5-10,16-19,22,25,28H,11-15,20-21H2,1-4H3,(H,38,39,40)/t28-/m1/s1. The minimum atomic E-state index is -4.16. The summed E-state index contributed by atoms with van der Waals surface area (Å²) in [6.07, 6.45) is 5.94. The highest BCUT2D eigenvalue weighted by molar-refractivity contribution is 7.92. The van der Waals surface area contributed by atoms with Gasteiger partial charge in [-0.3, -0.25) is 14.8 Å². The fraction of sp³-hybridized carbons (Fsp3) is 0.400. The Kier molecular flexibility index (Phi) is 9.51. The van der Waals surface area contributed by atoms with Crippen LogP contribution in [-0.2, 0) is 21.3 Å². The van der Waals surface area contributed by atoms with Crippen LogP contribution in [-0.4, -0.2) is 65.0 Å². The summed E-state index contributed by atoms with van der Waals surface area (Å²) in [7, 11) is -4.16. The van der Waals surface area contributed by atoms with Crippen molar-refractivity contribution < 1.29 is 22.7 Å². The maximum Gasteiger partial charge on any atom is 0.264 e. The van der Waals surface area contributed by atoms with Crippen LogP contribution in [0, 0.1) is 19.8 Å². The Labute approximate surface area is 275 Å². The number of carbonyl (C=O) groups is 1. The third-order valence-corrected chi connectivity index (χ3v) is 9.95. The lowest BCUT2D eigenvalue weighted by Crippen LogP contribution is -2.44. The molecule has 1 N–H and O–H groups in total. The first-order chi connectivity index (χ1) is 22.6. The number of amides is 1. The number of nitrogens with one attached hydrogen (secondary N) is 1. The number of aryl methyl sites for hydroxylation is 2. The Morgan fingerprint density at radius 1 is 0.979 bits per heavy atom. The predicted molar refractivity (Wildman–Crippen MR) is 178 cm³/mol. The molecule has 4 heterocycles. The van der Waals surface area contributed by atoms with E-state index in [2.05, 4.69) is 28.5 Å². The Morgan fingerprint density at radius 3 is 2.43 bits per heavy atom. The summed E-state index contributed by atoms with van der Waals surface area (Å²) in [6, 6.07) is 13.3. The average Bonchev–Trinajstić information content (AvgIpc) is 3.05. The van der Waals surface area contributed by atoms with Gasteiger partial charge in [-0.2, -0.15) is 4.98 Å². The number of sulfonamides is 1. The van der Waals surface area contributed by atoms with Crippen molar-refractivity contribution in [2.75, 3.05) is 24.5 Å². The van der Waals surface area contributed by atoms with E-state index < -0.39 is 16.1 Å².